The molecule has 0 N–H and O–H groups in total. The van der Waals surface area contributed by atoms with Crippen LogP contribution in [0.15, 0.2) is 36.4 Å². The molecule has 0 bridgehead atoms. The van der Waals surface area contributed by atoms with E-state index in [1.54, 1.807) is 11.3 Å². The van der Waals surface area contributed by atoms with Gasteiger partial charge in [-0.1, -0.05) is 0 Å². The Hall–Kier alpha value is -1.92. The SMILES string of the molecule is N#Cc1ccc(-c2ccc(-c3ccc(C#N)s3)s2)s1. The van der Waals surface area contributed by atoms with Crippen molar-refractivity contribution in [2.45, 2.75) is 0 Å². The first-order valence-electron chi connectivity index (χ1n) is 5.40. The highest BCUT2D eigenvalue weighted by molar-refractivity contribution is 7.26. The third-order valence-electron chi connectivity index (χ3n) is 2.52. The zero-order valence-corrected chi connectivity index (χ0v) is 12.0. The highest BCUT2D eigenvalue weighted by Gasteiger charge is 2.09. The Morgan fingerprint density at radius 2 is 0.947 bits per heavy atom. The number of nitrogens with zero attached hydrogens (tertiary/aromatic N) is 2. The van der Waals surface area contributed by atoms with Crippen LogP contribution in [0.1, 0.15) is 9.75 Å². The van der Waals surface area contributed by atoms with Gasteiger partial charge in [-0.2, -0.15) is 10.5 Å². The summed E-state index contributed by atoms with van der Waals surface area (Å²) in [5, 5.41) is 17.7. The summed E-state index contributed by atoms with van der Waals surface area (Å²) in [6.07, 6.45) is 0. The second-order valence-corrected chi connectivity index (χ2v) is 6.97. The van der Waals surface area contributed by atoms with E-state index >= 15 is 0 Å². The molecule has 0 aromatic carbocycles. The van der Waals surface area contributed by atoms with Gasteiger partial charge in [-0.3, -0.25) is 0 Å². The second kappa shape index (κ2) is 4.99. The fraction of sp³-hybridized carbons (Fsp3) is 0. The predicted octanol–water partition coefficient (Wildman–Crippen LogP) is 4.95. The molecule has 5 heteroatoms. The molecule has 19 heavy (non-hydrogen) atoms. The molecular weight excluding hydrogens is 292 g/mol. The summed E-state index contributed by atoms with van der Waals surface area (Å²) in [6, 6.07) is 16.1. The highest BCUT2D eigenvalue weighted by Crippen LogP contribution is 2.39. The van der Waals surface area contributed by atoms with Crippen LogP contribution in [0.3, 0.4) is 0 Å². The first-order chi connectivity index (χ1) is 9.30. The minimum Gasteiger partial charge on any atom is -0.192 e. The van der Waals surface area contributed by atoms with E-state index in [9.17, 15) is 0 Å². The van der Waals surface area contributed by atoms with E-state index in [2.05, 4.69) is 24.3 Å². The van der Waals surface area contributed by atoms with Crippen LogP contribution in [0.4, 0.5) is 0 Å². The van der Waals surface area contributed by atoms with E-state index in [0.717, 1.165) is 29.3 Å². The van der Waals surface area contributed by atoms with E-state index in [1.807, 2.05) is 24.3 Å². The van der Waals surface area contributed by atoms with Crippen LogP contribution in [0.5, 0.6) is 0 Å². The number of nitriles is 2. The average Bonchev–Trinajstić information content (AvgIpc) is 3.16. The number of rotatable bonds is 2. The minimum absolute atomic E-state index is 0.729. The van der Waals surface area contributed by atoms with Gasteiger partial charge >= 0.3 is 0 Å². The second-order valence-electron chi connectivity index (χ2n) is 3.72. The van der Waals surface area contributed by atoms with Gasteiger partial charge in [0.15, 0.2) is 0 Å². The molecule has 0 aliphatic heterocycles. The maximum Gasteiger partial charge on any atom is 0.110 e. The molecule has 0 spiro atoms. The van der Waals surface area contributed by atoms with Crippen LogP contribution in [-0.2, 0) is 0 Å². The van der Waals surface area contributed by atoms with Crippen molar-refractivity contribution in [3.8, 4) is 31.6 Å². The summed E-state index contributed by atoms with van der Waals surface area (Å²) in [7, 11) is 0. The van der Waals surface area contributed by atoms with Gasteiger partial charge in [0.05, 0.1) is 0 Å². The van der Waals surface area contributed by atoms with Gasteiger partial charge in [-0.25, -0.2) is 0 Å². The van der Waals surface area contributed by atoms with Crippen molar-refractivity contribution in [2.75, 3.05) is 0 Å². The fourth-order valence-corrected chi connectivity index (χ4v) is 4.46. The standard InChI is InChI=1S/C14H6N2S3/c15-7-9-1-3-11(17-9)13-5-6-14(19-13)12-4-2-10(8-16)18-12/h1-6H. The molecule has 3 heterocycles. The summed E-state index contributed by atoms with van der Waals surface area (Å²) < 4.78 is 0. The van der Waals surface area contributed by atoms with E-state index in [4.69, 9.17) is 10.5 Å². The summed E-state index contributed by atoms with van der Waals surface area (Å²) >= 11 is 4.70. The lowest BCUT2D eigenvalue weighted by molar-refractivity contribution is 1.52. The van der Waals surface area contributed by atoms with Crippen molar-refractivity contribution < 1.29 is 0 Å². The topological polar surface area (TPSA) is 47.6 Å². The van der Waals surface area contributed by atoms with Crippen molar-refractivity contribution in [2.24, 2.45) is 0 Å². The minimum atomic E-state index is 0.729. The summed E-state index contributed by atoms with van der Waals surface area (Å²) in [6.45, 7) is 0. The first kappa shape index (κ1) is 12.1. The van der Waals surface area contributed by atoms with Gasteiger partial charge in [0.2, 0.25) is 0 Å². The molecule has 0 aliphatic rings. The van der Waals surface area contributed by atoms with Crippen LogP contribution in [-0.4, -0.2) is 0 Å². The number of hydrogen-bond donors (Lipinski definition) is 0. The maximum atomic E-state index is 8.85. The normalized spacial score (nSPS) is 10.0. The summed E-state index contributed by atoms with van der Waals surface area (Å²) in [4.78, 5) is 6.01. The van der Waals surface area contributed by atoms with Crippen molar-refractivity contribution >= 4 is 34.0 Å². The Kier molecular flexibility index (Phi) is 3.18. The molecular formula is C14H6N2S3. The van der Waals surface area contributed by atoms with Gasteiger partial charge in [0.1, 0.15) is 21.9 Å². The number of hydrogen-bond acceptors (Lipinski definition) is 5. The summed E-state index contributed by atoms with van der Waals surface area (Å²) in [5.74, 6) is 0. The van der Waals surface area contributed by atoms with Crippen LogP contribution in [0.25, 0.3) is 19.5 Å². The van der Waals surface area contributed by atoms with E-state index < -0.39 is 0 Å². The van der Waals surface area contributed by atoms with E-state index in [0.29, 0.717) is 0 Å². The summed E-state index contributed by atoms with van der Waals surface area (Å²) in [5.41, 5.74) is 0. The fourth-order valence-electron chi connectivity index (χ4n) is 1.66. The molecule has 0 aliphatic carbocycles. The van der Waals surface area contributed by atoms with Crippen LogP contribution in [0, 0.1) is 22.7 Å². The molecule has 3 aromatic rings. The van der Waals surface area contributed by atoms with Crippen molar-refractivity contribution in [3.63, 3.8) is 0 Å². The Morgan fingerprint density at radius 1 is 0.579 bits per heavy atom. The van der Waals surface area contributed by atoms with Crippen LogP contribution in [0.2, 0.25) is 0 Å². The average molecular weight is 298 g/mol. The van der Waals surface area contributed by atoms with Gasteiger partial charge < -0.3 is 0 Å². The molecule has 3 aromatic heterocycles. The van der Waals surface area contributed by atoms with Crippen molar-refractivity contribution in [3.05, 3.63) is 46.2 Å². The van der Waals surface area contributed by atoms with Crippen LogP contribution >= 0.6 is 34.0 Å². The van der Waals surface area contributed by atoms with Gasteiger partial charge in [-0.05, 0) is 36.4 Å². The third-order valence-corrected chi connectivity index (χ3v) is 5.98. The van der Waals surface area contributed by atoms with Gasteiger partial charge in [0, 0.05) is 19.5 Å². The smallest absolute Gasteiger partial charge is 0.110 e. The molecule has 2 nitrogen and oxygen atoms in total. The van der Waals surface area contributed by atoms with E-state index in [1.165, 1.54) is 22.7 Å². The lowest BCUT2D eigenvalue weighted by Crippen LogP contribution is -1.57. The Balaban J connectivity index is 1.95. The quantitative estimate of drug-likeness (QED) is 0.672. The van der Waals surface area contributed by atoms with Crippen molar-refractivity contribution in [1.29, 1.82) is 10.5 Å². The van der Waals surface area contributed by atoms with Crippen molar-refractivity contribution in [1.82, 2.24) is 0 Å². The third kappa shape index (κ3) is 2.32. The maximum absolute atomic E-state index is 8.85. The molecule has 0 saturated heterocycles. The van der Waals surface area contributed by atoms with Gasteiger partial charge in [0.25, 0.3) is 0 Å². The largest absolute Gasteiger partial charge is 0.192 e. The molecule has 3 rings (SSSR count). The lowest BCUT2D eigenvalue weighted by atomic mass is 10.3. The molecule has 90 valence electrons. The lowest BCUT2D eigenvalue weighted by Gasteiger charge is -1.90. The number of thiophene rings is 3. The van der Waals surface area contributed by atoms with Crippen LogP contribution < -0.4 is 0 Å². The molecule has 0 fully saturated rings. The Morgan fingerprint density at radius 3 is 1.32 bits per heavy atom. The molecule has 0 atom stereocenters. The predicted molar refractivity (Wildman–Crippen MR) is 80.4 cm³/mol. The Labute approximate surface area is 122 Å². The monoisotopic (exact) mass is 298 g/mol. The molecule has 0 amide bonds. The van der Waals surface area contributed by atoms with E-state index in [-0.39, 0.29) is 0 Å². The zero-order valence-electron chi connectivity index (χ0n) is 9.58. The van der Waals surface area contributed by atoms with Gasteiger partial charge in [-0.15, -0.1) is 34.0 Å². The molecule has 0 saturated carbocycles. The highest BCUT2D eigenvalue weighted by atomic mass is 32.1. The zero-order chi connectivity index (χ0) is 13.2. The first-order valence-corrected chi connectivity index (χ1v) is 7.85. The molecule has 0 unspecified atom stereocenters. The Bertz CT molecular complexity index is 741. The molecule has 0 radical (unpaired) electrons.